The number of amides is 3. The maximum absolute atomic E-state index is 16.1. The predicted octanol–water partition coefficient (Wildman–Crippen LogP) is 14.2. The fourth-order valence-corrected chi connectivity index (χ4v) is 14.7. The van der Waals surface area contributed by atoms with Gasteiger partial charge in [0.1, 0.15) is 52.2 Å². The number of benzene rings is 4. The minimum absolute atomic E-state index is 0.0216. The van der Waals surface area contributed by atoms with Crippen LogP contribution in [0.25, 0.3) is 22.0 Å². The van der Waals surface area contributed by atoms with Gasteiger partial charge in [-0.15, -0.1) is 0 Å². The smallest absolute Gasteiger partial charge is 0.460 e. The number of aromatic nitrogens is 5. The molecule has 0 aliphatic heterocycles. The number of hydrogen-bond acceptors (Lipinski definition) is 16. The van der Waals surface area contributed by atoms with E-state index in [9.17, 15) is 49.0 Å². The summed E-state index contributed by atoms with van der Waals surface area (Å²) in [5, 5.41) is 11.6. The molecule has 0 saturated carbocycles. The van der Waals surface area contributed by atoms with Crippen LogP contribution < -0.4 is 19.5 Å². The fourth-order valence-electron chi connectivity index (χ4n) is 12.0. The summed E-state index contributed by atoms with van der Waals surface area (Å²) in [7, 11) is -10.6. The highest BCUT2D eigenvalue weighted by atomic mass is 35.5. The van der Waals surface area contributed by atoms with Gasteiger partial charge in [0.05, 0.1) is 45.9 Å². The third kappa shape index (κ3) is 18.3. The van der Waals surface area contributed by atoms with Gasteiger partial charge in [-0.25, -0.2) is 35.2 Å². The second-order valence-corrected chi connectivity index (χ2v) is 35.2. The number of nitrogens with zero attached hydrogens (tertiary/aromatic N) is 6. The molecule has 3 aromatic heterocycles. The van der Waals surface area contributed by atoms with Gasteiger partial charge in [0.2, 0.25) is 21.8 Å². The molecule has 562 valence electrons. The van der Waals surface area contributed by atoms with E-state index in [-0.39, 0.29) is 41.6 Å². The highest BCUT2D eigenvalue weighted by Gasteiger charge is 2.58. The average Bonchev–Trinajstić information content (AvgIpc) is 1.54. The third-order valence-corrected chi connectivity index (χ3v) is 22.9. The Kier molecular flexibility index (Phi) is 23.4. The number of ether oxygens (including phenoxy) is 1. The Morgan fingerprint density at radius 1 is 0.817 bits per heavy atom. The van der Waals surface area contributed by atoms with Crippen molar-refractivity contribution in [2.45, 2.75) is 160 Å². The molecule has 4 aromatic carbocycles. The molecule has 0 spiro atoms. The molecule has 2 unspecified atom stereocenters. The largest absolute Gasteiger partial charge is 0.535 e. The lowest BCUT2D eigenvalue weighted by Crippen LogP contribution is -2.41. The molecule has 0 saturated heterocycles. The quantitative estimate of drug-likeness (QED) is 0.0261. The molecule has 0 fully saturated rings. The van der Waals surface area contributed by atoms with Gasteiger partial charge in [-0.3, -0.25) is 37.2 Å². The number of pyridine rings is 1. The lowest BCUT2D eigenvalue weighted by atomic mass is 9.77. The summed E-state index contributed by atoms with van der Waals surface area (Å²) in [4.78, 5) is 63.2. The number of fused-ring (bicyclic) bond motifs is 2. The molecule has 8 rings (SSSR count). The van der Waals surface area contributed by atoms with Crippen LogP contribution in [0.4, 0.5) is 49.7 Å². The number of carbonyl (C=O) groups excluding carboxylic acids is 4. The fraction of sp³-hybridized carbons (Fsp3) is 0.418. The van der Waals surface area contributed by atoms with Gasteiger partial charge in [0, 0.05) is 76.8 Å². The molecule has 7 aromatic rings. The Morgan fingerprint density at radius 2 is 1.42 bits per heavy atom. The first kappa shape index (κ1) is 82.1. The van der Waals surface area contributed by atoms with E-state index in [2.05, 4.69) is 37.7 Å². The van der Waals surface area contributed by atoms with E-state index in [0.717, 1.165) is 62.6 Å². The Hall–Kier alpha value is -7.55. The first-order chi connectivity index (χ1) is 47.6. The van der Waals surface area contributed by atoms with Crippen molar-refractivity contribution in [2.75, 3.05) is 16.8 Å². The van der Waals surface area contributed by atoms with Crippen molar-refractivity contribution in [3.8, 4) is 28.7 Å². The lowest BCUT2D eigenvalue weighted by molar-refractivity contribution is -0.154. The number of nitrogens with one attached hydrogen (secondary N) is 2. The van der Waals surface area contributed by atoms with Crippen molar-refractivity contribution in [1.82, 2.24) is 35.2 Å². The molecule has 1 aliphatic rings. The SMILES string of the molecule is C[C@@H]1c2c(C(F)(F)F)nn(CC(=O)N[C@@H](Cc3cc(F)cc(F)c3)c3nc(C#CC(C)(C)S(C)(=O)=O)ccc3-c3ccc(Cl)c4c(N(C(=O)CC(C)(C)c5c(CC(=O)OC(C)(C)C)cc(C(=O)NC(C)(C)c6ccccc6)cc5OP(=O)(OP)OP)S(C)(=O)=O)nn(CC(F)(F)F)c34)c2C(F)(F)[C@@H]1C. The number of anilines is 1. The van der Waals surface area contributed by atoms with Gasteiger partial charge in [0.15, 0.2) is 21.3 Å². The zero-order valence-corrected chi connectivity index (χ0v) is 63.5. The summed E-state index contributed by atoms with van der Waals surface area (Å²) in [6.07, 6.45) is -11.9. The van der Waals surface area contributed by atoms with E-state index in [1.165, 1.54) is 33.8 Å². The number of sulfone groups is 1. The van der Waals surface area contributed by atoms with E-state index in [4.69, 9.17) is 29.5 Å². The summed E-state index contributed by atoms with van der Waals surface area (Å²) in [5.41, 5.74) is -10.9. The Labute approximate surface area is 602 Å². The number of alkyl halides is 8. The highest BCUT2D eigenvalue weighted by molar-refractivity contribution is 7.93. The van der Waals surface area contributed by atoms with Crippen LogP contribution in [0.15, 0.2) is 84.9 Å². The predicted molar refractivity (Wildman–Crippen MR) is 372 cm³/mol. The molecule has 3 amide bonds. The third-order valence-electron chi connectivity index (χ3n) is 17.1. The summed E-state index contributed by atoms with van der Waals surface area (Å²) in [5.74, 6) is -10.8. The molecule has 37 heteroatoms. The molecule has 3 heterocycles. The van der Waals surface area contributed by atoms with Crippen LogP contribution in [0, 0.1) is 29.4 Å². The summed E-state index contributed by atoms with van der Waals surface area (Å²) in [6, 6.07) is 15.4. The molecule has 0 radical (unpaired) electrons. The normalized spacial score (nSPS) is 15.6. The zero-order chi connectivity index (χ0) is 78.0. The number of rotatable bonds is 23. The minimum Gasteiger partial charge on any atom is -0.460 e. The van der Waals surface area contributed by atoms with Crippen LogP contribution in [0.5, 0.6) is 5.75 Å². The Morgan fingerprint density at radius 3 is 1.98 bits per heavy atom. The lowest BCUT2D eigenvalue weighted by Gasteiger charge is -2.32. The standard InChI is InChI=1S/C67H72ClF10N8O13P3S2/c1-35-36(2)66(74,75)58-52(35)57(67(76,77)78)82-84(58)33-49(87)80-47(27-37-25-41(69)31-42(70)26-37)55-44(20-19-43(79-55)23-24-63(8,9)103(12,92)93)45-21-22-46(68)53-56(45)85(34-65(71,72)73)83-59(53)86(104(13,94)95)50(88)32-62(6,7)54-38(30-51(89)96-61(3,4)5)28-39(29-48(54)97-102(91,98-100)99-101)60(90)81-64(10,11)40-17-15-14-16-18-40/h14-22,25-26,28-29,31,35-36,47H,27,30,32-34,100-101H2,1-13H3,(H,80,87)(H,81,90)/t35-,36+,47-/m0/s1. The number of hydrogen-bond donors (Lipinski definition) is 2. The van der Waals surface area contributed by atoms with E-state index < -0.39 is 214 Å². The van der Waals surface area contributed by atoms with E-state index in [1.54, 1.807) is 83.9 Å². The maximum atomic E-state index is 16.1. The summed E-state index contributed by atoms with van der Waals surface area (Å²) in [6.45, 7) is 11.7. The van der Waals surface area contributed by atoms with Crippen LogP contribution in [-0.2, 0) is 101 Å². The van der Waals surface area contributed by atoms with E-state index >= 15 is 35.5 Å². The van der Waals surface area contributed by atoms with Crippen molar-refractivity contribution < 1.29 is 102 Å². The van der Waals surface area contributed by atoms with Gasteiger partial charge < -0.3 is 19.9 Å². The zero-order valence-electron chi connectivity index (χ0n) is 57.9. The molecular weight excluding hydrogens is 1510 g/mol. The van der Waals surface area contributed by atoms with Gasteiger partial charge in [-0.1, -0.05) is 81.6 Å². The summed E-state index contributed by atoms with van der Waals surface area (Å²) < 4.78 is 241. The van der Waals surface area contributed by atoms with Crippen LogP contribution >= 0.6 is 38.4 Å². The van der Waals surface area contributed by atoms with Gasteiger partial charge in [-0.2, -0.15) is 49.6 Å². The molecular formula is C67H72ClF10N8O13P3S2. The van der Waals surface area contributed by atoms with Crippen LogP contribution in [0.3, 0.4) is 0 Å². The van der Waals surface area contributed by atoms with Crippen LogP contribution in [0.1, 0.15) is 155 Å². The molecule has 0 bridgehead atoms. The van der Waals surface area contributed by atoms with Gasteiger partial charge in [-0.05, 0) is 126 Å². The number of carbonyl (C=O) groups is 4. The van der Waals surface area contributed by atoms with Crippen molar-refractivity contribution in [3.63, 3.8) is 0 Å². The number of esters is 1. The topological polar surface area (TPSA) is 266 Å². The first-order valence-corrected chi connectivity index (χ1v) is 37.8. The van der Waals surface area contributed by atoms with Gasteiger partial charge in [0.25, 0.3) is 11.8 Å². The van der Waals surface area contributed by atoms with Gasteiger partial charge >= 0.3 is 26.1 Å². The molecule has 104 heavy (non-hydrogen) atoms. The minimum atomic E-state index is -5.33. The Bertz CT molecular complexity index is 4900. The highest BCUT2D eigenvalue weighted by Crippen LogP contribution is 2.57. The van der Waals surface area contributed by atoms with Crippen molar-refractivity contribution in [3.05, 3.63) is 158 Å². The number of halogens is 11. The Balaban J connectivity index is 1.37. The van der Waals surface area contributed by atoms with E-state index in [0.29, 0.717) is 17.9 Å². The first-order valence-electron chi connectivity index (χ1n) is 31.3. The second-order valence-electron chi connectivity index (χ2n) is 27.6. The number of sulfonamides is 1. The molecule has 5 atom stereocenters. The van der Waals surface area contributed by atoms with E-state index in [1.807, 2.05) is 0 Å². The van der Waals surface area contributed by atoms with Crippen LogP contribution in [0.2, 0.25) is 5.02 Å². The molecule has 21 nitrogen and oxygen atoms in total. The monoisotopic (exact) mass is 1580 g/mol. The van der Waals surface area contributed by atoms with Crippen molar-refractivity contribution in [2.24, 2.45) is 5.92 Å². The summed E-state index contributed by atoms with van der Waals surface area (Å²) >= 11 is 6.96. The second kappa shape index (κ2) is 29.7. The number of phosphoric acid groups is 1. The van der Waals surface area contributed by atoms with Crippen LogP contribution in [-0.4, -0.2) is 94.1 Å². The van der Waals surface area contributed by atoms with Crippen molar-refractivity contribution in [1.29, 1.82) is 0 Å². The molecule has 2 N–H and O–H groups in total. The molecule has 1 aliphatic carbocycles. The maximum Gasteiger partial charge on any atom is 0.535 e. The average molecular weight is 1580 g/mol. The van der Waals surface area contributed by atoms with Crippen molar-refractivity contribution >= 4 is 98.6 Å².